The van der Waals surface area contributed by atoms with Gasteiger partial charge in [-0.15, -0.1) is 0 Å². The molecule has 1 aliphatic heterocycles. The Balaban J connectivity index is 2.11. The molecule has 0 aromatic rings. The van der Waals surface area contributed by atoms with Crippen LogP contribution in [0.25, 0.3) is 0 Å². The van der Waals surface area contributed by atoms with E-state index in [0.29, 0.717) is 0 Å². The van der Waals surface area contributed by atoms with Crippen molar-refractivity contribution >= 4 is 0 Å². The van der Waals surface area contributed by atoms with Crippen molar-refractivity contribution in [3.05, 3.63) is 11.6 Å². The van der Waals surface area contributed by atoms with Crippen LogP contribution in [0.3, 0.4) is 0 Å². The van der Waals surface area contributed by atoms with E-state index in [-0.39, 0.29) is 18.6 Å². The highest BCUT2D eigenvalue weighted by Crippen LogP contribution is 2.25. The first-order valence-corrected chi connectivity index (χ1v) is 7.51. The van der Waals surface area contributed by atoms with Crippen molar-refractivity contribution < 1.29 is 40.1 Å². The molecule has 1 aliphatic carbocycles. The lowest BCUT2D eigenvalue weighted by Crippen LogP contribution is -2.61. The summed E-state index contributed by atoms with van der Waals surface area (Å²) in [7, 11) is 1.38. The van der Waals surface area contributed by atoms with Crippen LogP contribution in [-0.4, -0.2) is 99.9 Å². The summed E-state index contributed by atoms with van der Waals surface area (Å²) >= 11 is 0. The van der Waals surface area contributed by atoms with Crippen LogP contribution in [0.5, 0.6) is 0 Å². The van der Waals surface area contributed by atoms with E-state index in [9.17, 15) is 30.6 Å². The molecule has 0 bridgehead atoms. The van der Waals surface area contributed by atoms with Gasteiger partial charge in [-0.05, 0) is 12.0 Å². The van der Waals surface area contributed by atoms with Crippen molar-refractivity contribution in [2.75, 3.05) is 20.3 Å². The molecule has 2 aliphatic rings. The first kappa shape index (κ1) is 18.7. The summed E-state index contributed by atoms with van der Waals surface area (Å²) in [5, 5.41) is 61.3. The Morgan fingerprint density at radius 3 is 2.48 bits per heavy atom. The standard InChI is InChI=1S/C14H25NO8/c1-22-14-9(18)3-7(10(5-17)23-14)15-8-2-6(4-16)11(19)13(21)12(8)20/h2,7-21H,3-5H2,1H3/t7-,8+,9+,10+,11+,12-,13-,14+/m0/s1. The maximum atomic E-state index is 10.1. The van der Waals surface area contributed by atoms with Crippen LogP contribution >= 0.6 is 0 Å². The van der Waals surface area contributed by atoms with Crippen molar-refractivity contribution in [2.24, 2.45) is 0 Å². The van der Waals surface area contributed by atoms with E-state index < -0.39 is 55.5 Å². The van der Waals surface area contributed by atoms with E-state index in [1.54, 1.807) is 0 Å². The van der Waals surface area contributed by atoms with Crippen molar-refractivity contribution in [2.45, 2.75) is 55.3 Å². The zero-order chi connectivity index (χ0) is 17.1. The number of aliphatic hydroxyl groups is 6. The summed E-state index contributed by atoms with van der Waals surface area (Å²) in [6.07, 6.45) is -4.90. The average Bonchev–Trinajstić information content (AvgIpc) is 2.55. The number of ether oxygens (including phenoxy) is 2. The zero-order valence-corrected chi connectivity index (χ0v) is 12.8. The minimum absolute atomic E-state index is 0.188. The highest BCUT2D eigenvalue weighted by Gasteiger charge is 2.42. The third-order valence-electron chi connectivity index (χ3n) is 4.38. The van der Waals surface area contributed by atoms with Crippen LogP contribution in [0.2, 0.25) is 0 Å². The molecule has 0 aromatic carbocycles. The van der Waals surface area contributed by atoms with E-state index in [1.165, 1.54) is 13.2 Å². The topological polar surface area (TPSA) is 152 Å². The molecule has 134 valence electrons. The number of nitrogens with one attached hydrogen (secondary N) is 1. The molecule has 0 spiro atoms. The molecule has 0 saturated carbocycles. The first-order valence-electron chi connectivity index (χ1n) is 7.51. The van der Waals surface area contributed by atoms with Gasteiger partial charge in [0.15, 0.2) is 6.29 Å². The van der Waals surface area contributed by atoms with Gasteiger partial charge in [0, 0.05) is 13.2 Å². The van der Waals surface area contributed by atoms with Gasteiger partial charge in [-0.3, -0.25) is 0 Å². The van der Waals surface area contributed by atoms with Crippen molar-refractivity contribution in [1.29, 1.82) is 0 Å². The highest BCUT2D eigenvalue weighted by molar-refractivity contribution is 5.22. The van der Waals surface area contributed by atoms with Crippen LogP contribution in [-0.2, 0) is 9.47 Å². The zero-order valence-electron chi connectivity index (χ0n) is 12.8. The first-order chi connectivity index (χ1) is 10.9. The molecule has 8 atom stereocenters. The van der Waals surface area contributed by atoms with E-state index in [0.717, 1.165) is 0 Å². The minimum Gasteiger partial charge on any atom is -0.394 e. The van der Waals surface area contributed by atoms with E-state index in [4.69, 9.17) is 9.47 Å². The molecule has 1 heterocycles. The second-order valence-corrected chi connectivity index (χ2v) is 5.89. The SMILES string of the molecule is CO[C@@H]1O[C@H](CO)[C@@H](N[C@@H]2C=C(CO)[C@@H](O)[C@H](O)[C@H]2O)C[C@H]1O. The van der Waals surface area contributed by atoms with Crippen LogP contribution in [0.1, 0.15) is 6.42 Å². The minimum atomic E-state index is -1.45. The lowest BCUT2D eigenvalue weighted by molar-refractivity contribution is -0.243. The molecule has 1 saturated heterocycles. The number of hydrogen-bond acceptors (Lipinski definition) is 9. The number of rotatable bonds is 5. The van der Waals surface area contributed by atoms with E-state index in [1.807, 2.05) is 0 Å². The molecule has 0 radical (unpaired) electrons. The molecule has 9 nitrogen and oxygen atoms in total. The lowest BCUT2D eigenvalue weighted by Gasteiger charge is -2.42. The smallest absolute Gasteiger partial charge is 0.183 e. The van der Waals surface area contributed by atoms with Gasteiger partial charge < -0.3 is 45.4 Å². The van der Waals surface area contributed by atoms with Gasteiger partial charge in [0.1, 0.15) is 24.4 Å². The van der Waals surface area contributed by atoms with Crippen molar-refractivity contribution in [1.82, 2.24) is 5.32 Å². The summed E-state index contributed by atoms with van der Waals surface area (Å²) in [4.78, 5) is 0. The second-order valence-electron chi connectivity index (χ2n) is 5.89. The Labute approximate surface area is 133 Å². The number of hydrogen-bond donors (Lipinski definition) is 7. The molecule has 7 N–H and O–H groups in total. The molecule has 0 aromatic heterocycles. The Bertz CT molecular complexity index is 420. The Kier molecular flexibility index (Phi) is 6.48. The van der Waals surface area contributed by atoms with Gasteiger partial charge in [0.05, 0.1) is 25.4 Å². The predicted octanol–water partition coefficient (Wildman–Crippen LogP) is -3.56. The van der Waals surface area contributed by atoms with Gasteiger partial charge in [0.2, 0.25) is 0 Å². The summed E-state index contributed by atoms with van der Waals surface area (Å²) in [5.41, 5.74) is 0.188. The Morgan fingerprint density at radius 2 is 1.91 bits per heavy atom. The second kappa shape index (κ2) is 7.97. The van der Waals surface area contributed by atoms with E-state index in [2.05, 4.69) is 5.32 Å². The molecule has 0 unspecified atom stereocenters. The van der Waals surface area contributed by atoms with Gasteiger partial charge in [0.25, 0.3) is 0 Å². The molecular formula is C14H25NO8. The summed E-state index contributed by atoms with van der Waals surface area (Å²) in [6.45, 7) is -0.781. The quantitative estimate of drug-likeness (QED) is 0.253. The highest BCUT2D eigenvalue weighted by atomic mass is 16.7. The van der Waals surface area contributed by atoms with Crippen LogP contribution in [0, 0.1) is 0 Å². The van der Waals surface area contributed by atoms with Crippen molar-refractivity contribution in [3.63, 3.8) is 0 Å². The van der Waals surface area contributed by atoms with Crippen LogP contribution < -0.4 is 5.32 Å². The fourth-order valence-electron chi connectivity index (χ4n) is 3.03. The van der Waals surface area contributed by atoms with Gasteiger partial charge in [-0.1, -0.05) is 6.08 Å². The molecule has 1 fully saturated rings. The maximum Gasteiger partial charge on any atom is 0.183 e. The normalized spacial score (nSPS) is 44.9. The molecular weight excluding hydrogens is 310 g/mol. The third kappa shape index (κ3) is 3.90. The third-order valence-corrected chi connectivity index (χ3v) is 4.38. The molecule has 9 heteroatoms. The van der Waals surface area contributed by atoms with Gasteiger partial charge >= 0.3 is 0 Å². The molecule has 0 amide bonds. The van der Waals surface area contributed by atoms with Crippen LogP contribution in [0.15, 0.2) is 11.6 Å². The number of methoxy groups -OCH3 is 1. The fourth-order valence-corrected chi connectivity index (χ4v) is 3.03. The van der Waals surface area contributed by atoms with E-state index >= 15 is 0 Å². The van der Waals surface area contributed by atoms with Crippen molar-refractivity contribution in [3.8, 4) is 0 Å². The average molecular weight is 335 g/mol. The Morgan fingerprint density at radius 1 is 1.22 bits per heavy atom. The monoisotopic (exact) mass is 335 g/mol. The maximum absolute atomic E-state index is 10.1. The summed E-state index contributed by atoms with van der Waals surface area (Å²) in [6, 6.07) is -1.29. The molecule has 23 heavy (non-hydrogen) atoms. The largest absolute Gasteiger partial charge is 0.394 e. The summed E-state index contributed by atoms with van der Waals surface area (Å²) in [5.74, 6) is 0. The van der Waals surface area contributed by atoms with Gasteiger partial charge in [-0.2, -0.15) is 0 Å². The lowest BCUT2D eigenvalue weighted by atomic mass is 9.87. The van der Waals surface area contributed by atoms with Crippen LogP contribution in [0.4, 0.5) is 0 Å². The Hall–Kier alpha value is -0.620. The number of aliphatic hydroxyl groups excluding tert-OH is 6. The summed E-state index contributed by atoms with van der Waals surface area (Å²) < 4.78 is 10.4. The van der Waals surface area contributed by atoms with Gasteiger partial charge in [-0.25, -0.2) is 0 Å². The predicted molar refractivity (Wildman–Crippen MR) is 77.3 cm³/mol. The fraction of sp³-hybridized carbons (Fsp3) is 0.857. The molecule has 2 rings (SSSR count).